The van der Waals surface area contributed by atoms with E-state index in [9.17, 15) is 13.2 Å². The number of oxazole rings is 1. The third kappa shape index (κ3) is 4.09. The summed E-state index contributed by atoms with van der Waals surface area (Å²) in [5.74, 6) is 0. The van der Waals surface area contributed by atoms with E-state index in [1.807, 2.05) is 24.3 Å². The molecule has 1 aromatic heterocycles. The molecule has 4 nitrogen and oxygen atoms in total. The summed E-state index contributed by atoms with van der Waals surface area (Å²) in [4.78, 5) is 4.18. The van der Waals surface area contributed by atoms with Crippen molar-refractivity contribution < 1.29 is 22.3 Å². The van der Waals surface area contributed by atoms with Crippen molar-refractivity contribution in [3.63, 3.8) is 0 Å². The van der Waals surface area contributed by atoms with E-state index in [1.165, 1.54) is 6.07 Å². The van der Waals surface area contributed by atoms with Crippen LogP contribution < -0.4 is 5.32 Å². The van der Waals surface area contributed by atoms with E-state index in [0.29, 0.717) is 17.9 Å². The van der Waals surface area contributed by atoms with Gasteiger partial charge in [0.2, 0.25) is 0 Å². The molecule has 0 fully saturated rings. The summed E-state index contributed by atoms with van der Waals surface area (Å²) in [6.45, 7) is 0.443. The van der Waals surface area contributed by atoms with Crippen molar-refractivity contribution in [2.45, 2.75) is 12.8 Å². The SMILES string of the molecule is COCc1cccc(Nc2nc3cc(C(F)(F)F)c(-c4ccccc4)cc3o2)c1. The van der Waals surface area contributed by atoms with E-state index in [1.54, 1.807) is 37.4 Å². The highest BCUT2D eigenvalue weighted by molar-refractivity contribution is 5.84. The Labute approximate surface area is 164 Å². The van der Waals surface area contributed by atoms with Gasteiger partial charge in [-0.3, -0.25) is 0 Å². The van der Waals surface area contributed by atoms with E-state index in [2.05, 4.69) is 10.3 Å². The third-order valence-electron chi connectivity index (χ3n) is 4.41. The minimum atomic E-state index is -4.51. The van der Waals surface area contributed by atoms with Gasteiger partial charge in [-0.2, -0.15) is 18.2 Å². The molecule has 1 heterocycles. The predicted molar refractivity (Wildman–Crippen MR) is 105 cm³/mol. The molecule has 0 amide bonds. The second-order valence-electron chi connectivity index (χ2n) is 6.51. The molecule has 1 N–H and O–H groups in total. The Balaban J connectivity index is 1.75. The number of alkyl halides is 3. The number of hydrogen-bond donors (Lipinski definition) is 1. The topological polar surface area (TPSA) is 47.3 Å². The Kier molecular flexibility index (Phi) is 4.98. The molecule has 7 heteroatoms. The van der Waals surface area contributed by atoms with Crippen molar-refractivity contribution >= 4 is 22.8 Å². The number of aromatic nitrogens is 1. The van der Waals surface area contributed by atoms with Gasteiger partial charge in [0.15, 0.2) is 5.58 Å². The maximum absolute atomic E-state index is 13.6. The molecule has 0 bridgehead atoms. The van der Waals surface area contributed by atoms with Gasteiger partial charge in [-0.15, -0.1) is 0 Å². The predicted octanol–water partition coefficient (Wildman–Crippen LogP) is 6.40. The lowest BCUT2D eigenvalue weighted by atomic mass is 9.99. The molecule has 4 aromatic rings. The summed E-state index contributed by atoms with van der Waals surface area (Å²) in [6, 6.07) is 18.3. The summed E-state index contributed by atoms with van der Waals surface area (Å²) >= 11 is 0. The first-order valence-corrected chi connectivity index (χ1v) is 8.86. The minimum absolute atomic E-state index is 0.0513. The number of rotatable bonds is 5. The average molecular weight is 398 g/mol. The van der Waals surface area contributed by atoms with Gasteiger partial charge < -0.3 is 14.5 Å². The largest absolute Gasteiger partial charge is 0.423 e. The van der Waals surface area contributed by atoms with Crippen molar-refractivity contribution in [3.8, 4) is 11.1 Å². The first-order chi connectivity index (χ1) is 13.9. The van der Waals surface area contributed by atoms with E-state index in [4.69, 9.17) is 9.15 Å². The molecule has 0 aliphatic heterocycles. The Morgan fingerprint density at radius 2 is 1.79 bits per heavy atom. The van der Waals surface area contributed by atoms with Crippen LogP contribution in [0.15, 0.2) is 71.1 Å². The standard InChI is InChI=1S/C22H17F3N2O2/c1-28-13-14-6-5-9-16(10-14)26-21-27-19-12-18(22(23,24)25)17(11-20(19)29-21)15-7-3-2-4-8-15/h2-12H,13H2,1H3,(H,26,27). The molecular weight excluding hydrogens is 381 g/mol. The Bertz CT molecular complexity index is 1140. The van der Waals surface area contributed by atoms with Crippen LogP contribution >= 0.6 is 0 Å². The number of nitrogens with one attached hydrogen (secondary N) is 1. The maximum atomic E-state index is 13.6. The van der Waals surface area contributed by atoms with Crippen LogP contribution in [0, 0.1) is 0 Å². The fraction of sp³-hybridized carbons (Fsp3) is 0.136. The first-order valence-electron chi connectivity index (χ1n) is 8.86. The summed E-state index contributed by atoms with van der Waals surface area (Å²) in [7, 11) is 1.60. The van der Waals surface area contributed by atoms with Crippen LogP contribution in [-0.2, 0) is 17.5 Å². The van der Waals surface area contributed by atoms with Crippen LogP contribution in [0.5, 0.6) is 0 Å². The van der Waals surface area contributed by atoms with Crippen LogP contribution in [0.2, 0.25) is 0 Å². The number of benzene rings is 3. The van der Waals surface area contributed by atoms with Crippen LogP contribution in [0.25, 0.3) is 22.2 Å². The van der Waals surface area contributed by atoms with Crippen molar-refractivity contribution in [1.29, 1.82) is 0 Å². The quantitative estimate of drug-likeness (QED) is 0.422. The van der Waals surface area contributed by atoms with Crippen molar-refractivity contribution in [3.05, 3.63) is 77.9 Å². The fourth-order valence-corrected chi connectivity index (χ4v) is 3.15. The molecule has 3 aromatic carbocycles. The zero-order valence-electron chi connectivity index (χ0n) is 15.5. The van der Waals surface area contributed by atoms with E-state index >= 15 is 0 Å². The lowest BCUT2D eigenvalue weighted by Gasteiger charge is -2.12. The average Bonchev–Trinajstić information content (AvgIpc) is 3.09. The highest BCUT2D eigenvalue weighted by atomic mass is 19.4. The molecular formula is C22H17F3N2O2. The van der Waals surface area contributed by atoms with Gasteiger partial charge in [0.1, 0.15) is 5.52 Å². The molecule has 0 aliphatic carbocycles. The zero-order chi connectivity index (χ0) is 20.4. The molecule has 0 saturated heterocycles. The normalized spacial score (nSPS) is 11.7. The number of nitrogens with zero attached hydrogens (tertiary/aromatic N) is 1. The van der Waals surface area contributed by atoms with Crippen molar-refractivity contribution in [1.82, 2.24) is 4.98 Å². The van der Waals surface area contributed by atoms with Crippen molar-refractivity contribution in [2.75, 3.05) is 12.4 Å². The van der Waals surface area contributed by atoms with Crippen LogP contribution in [0.1, 0.15) is 11.1 Å². The van der Waals surface area contributed by atoms with Crippen LogP contribution in [-0.4, -0.2) is 12.1 Å². The molecule has 0 unspecified atom stereocenters. The highest BCUT2D eigenvalue weighted by Gasteiger charge is 2.34. The third-order valence-corrected chi connectivity index (χ3v) is 4.41. The van der Waals surface area contributed by atoms with E-state index in [-0.39, 0.29) is 22.7 Å². The van der Waals surface area contributed by atoms with Gasteiger partial charge in [0.25, 0.3) is 6.01 Å². The summed E-state index contributed by atoms with van der Waals surface area (Å²) in [6.07, 6.45) is -4.51. The van der Waals surface area contributed by atoms with E-state index in [0.717, 1.165) is 11.6 Å². The fourth-order valence-electron chi connectivity index (χ4n) is 3.15. The molecule has 0 aliphatic rings. The van der Waals surface area contributed by atoms with Gasteiger partial charge in [0, 0.05) is 12.8 Å². The summed E-state index contributed by atoms with van der Waals surface area (Å²) in [5.41, 5.74) is 1.80. The molecule has 29 heavy (non-hydrogen) atoms. The first kappa shape index (κ1) is 19.0. The Morgan fingerprint density at radius 1 is 1.00 bits per heavy atom. The molecule has 0 spiro atoms. The van der Waals surface area contributed by atoms with Crippen LogP contribution in [0.3, 0.4) is 0 Å². The van der Waals surface area contributed by atoms with Gasteiger partial charge in [-0.05, 0) is 41.0 Å². The summed E-state index contributed by atoms with van der Waals surface area (Å²) in [5, 5.41) is 3.00. The van der Waals surface area contributed by atoms with Crippen LogP contribution in [0.4, 0.5) is 24.9 Å². The Hall–Kier alpha value is -3.32. The molecule has 148 valence electrons. The summed E-state index contributed by atoms with van der Waals surface area (Å²) < 4.78 is 51.7. The van der Waals surface area contributed by atoms with E-state index < -0.39 is 11.7 Å². The molecule has 4 rings (SSSR count). The second-order valence-corrected chi connectivity index (χ2v) is 6.51. The van der Waals surface area contributed by atoms with Gasteiger partial charge in [-0.25, -0.2) is 0 Å². The molecule has 0 atom stereocenters. The smallest absolute Gasteiger partial charge is 0.417 e. The lowest BCUT2D eigenvalue weighted by molar-refractivity contribution is -0.137. The van der Waals surface area contributed by atoms with Crippen molar-refractivity contribution in [2.24, 2.45) is 0 Å². The monoisotopic (exact) mass is 398 g/mol. The number of anilines is 2. The second kappa shape index (κ2) is 7.60. The maximum Gasteiger partial charge on any atom is 0.417 e. The number of halogens is 3. The number of hydrogen-bond acceptors (Lipinski definition) is 4. The zero-order valence-corrected chi connectivity index (χ0v) is 15.5. The van der Waals surface area contributed by atoms with Gasteiger partial charge in [0.05, 0.1) is 12.2 Å². The number of ether oxygens (including phenoxy) is 1. The van der Waals surface area contributed by atoms with Gasteiger partial charge >= 0.3 is 6.18 Å². The number of fused-ring (bicyclic) bond motifs is 1. The van der Waals surface area contributed by atoms with Gasteiger partial charge in [-0.1, -0.05) is 42.5 Å². The molecule has 0 saturated carbocycles. The number of methoxy groups -OCH3 is 1. The Morgan fingerprint density at radius 3 is 2.52 bits per heavy atom. The molecule has 0 radical (unpaired) electrons. The highest BCUT2D eigenvalue weighted by Crippen LogP contribution is 2.40. The minimum Gasteiger partial charge on any atom is -0.423 e. The lowest BCUT2D eigenvalue weighted by Crippen LogP contribution is -2.07.